The van der Waals surface area contributed by atoms with Gasteiger partial charge in [0.2, 0.25) is 0 Å². The molecule has 0 fully saturated rings. The van der Waals surface area contributed by atoms with Gasteiger partial charge in [0.1, 0.15) is 0 Å². The predicted octanol–water partition coefficient (Wildman–Crippen LogP) is 5.70. The number of hydrogen-bond donors (Lipinski definition) is 0. The molecule has 3 aromatic carbocycles. The molecule has 0 aromatic heterocycles. The Labute approximate surface area is 117 Å². The molecule has 0 amide bonds. The molecule has 0 aliphatic heterocycles. The molecule has 1 aliphatic rings. The molecule has 0 spiro atoms. The van der Waals surface area contributed by atoms with Crippen molar-refractivity contribution in [1.82, 2.24) is 0 Å². The lowest BCUT2D eigenvalue weighted by Crippen LogP contribution is -1.82. The summed E-state index contributed by atoms with van der Waals surface area (Å²) in [6.07, 6.45) is 0. The van der Waals surface area contributed by atoms with Crippen LogP contribution >= 0.6 is 11.6 Å². The zero-order chi connectivity index (χ0) is 13.0. The molecule has 0 bridgehead atoms. The summed E-state index contributed by atoms with van der Waals surface area (Å²) < 4.78 is 0. The maximum atomic E-state index is 6.12. The van der Waals surface area contributed by atoms with E-state index >= 15 is 0 Å². The third-order valence-electron chi connectivity index (χ3n) is 3.84. The summed E-state index contributed by atoms with van der Waals surface area (Å²) in [7, 11) is 0. The molecule has 90 valence electrons. The minimum atomic E-state index is 0.597. The van der Waals surface area contributed by atoms with E-state index in [0.717, 1.165) is 5.56 Å². The van der Waals surface area contributed by atoms with Crippen LogP contribution in [0.3, 0.4) is 0 Å². The number of benzene rings is 3. The van der Waals surface area contributed by atoms with Crippen molar-refractivity contribution in [1.29, 1.82) is 0 Å². The van der Waals surface area contributed by atoms with Crippen LogP contribution in [0.5, 0.6) is 0 Å². The van der Waals surface area contributed by atoms with E-state index in [-0.39, 0.29) is 0 Å². The van der Waals surface area contributed by atoms with Crippen molar-refractivity contribution in [2.75, 3.05) is 0 Å². The van der Waals surface area contributed by atoms with Gasteiger partial charge in [-0.1, -0.05) is 72.8 Å². The summed E-state index contributed by atoms with van der Waals surface area (Å²) in [6, 6.07) is 19.1. The van der Waals surface area contributed by atoms with E-state index in [9.17, 15) is 0 Å². The Bertz CT molecular complexity index is 814. The number of halogens is 1. The van der Waals surface area contributed by atoms with Crippen LogP contribution in [-0.2, 0) is 0 Å². The maximum absolute atomic E-state index is 6.12. The SMILES string of the molecule is C=C(Cl)c1ccc2c3c(cccc13)-c1ccccc1-2. The van der Waals surface area contributed by atoms with Gasteiger partial charge in [-0.3, -0.25) is 0 Å². The van der Waals surface area contributed by atoms with Crippen LogP contribution in [0.1, 0.15) is 5.56 Å². The van der Waals surface area contributed by atoms with Gasteiger partial charge >= 0.3 is 0 Å². The Morgan fingerprint density at radius 1 is 0.737 bits per heavy atom. The average Bonchev–Trinajstić information content (AvgIpc) is 2.76. The van der Waals surface area contributed by atoms with Gasteiger partial charge in [0.15, 0.2) is 0 Å². The summed E-state index contributed by atoms with van der Waals surface area (Å²) in [4.78, 5) is 0. The van der Waals surface area contributed by atoms with E-state index in [0.29, 0.717) is 5.03 Å². The number of rotatable bonds is 1. The van der Waals surface area contributed by atoms with E-state index < -0.39 is 0 Å². The van der Waals surface area contributed by atoms with Gasteiger partial charge in [0.25, 0.3) is 0 Å². The van der Waals surface area contributed by atoms with Crippen LogP contribution in [0.15, 0.2) is 61.2 Å². The molecular weight excluding hydrogens is 252 g/mol. The Morgan fingerprint density at radius 3 is 2.05 bits per heavy atom. The Kier molecular flexibility index (Phi) is 2.12. The van der Waals surface area contributed by atoms with Gasteiger partial charge in [-0.05, 0) is 33.0 Å². The molecule has 0 N–H and O–H groups in total. The predicted molar refractivity (Wildman–Crippen MR) is 83.3 cm³/mol. The van der Waals surface area contributed by atoms with E-state index in [1.165, 1.54) is 33.0 Å². The summed E-state index contributed by atoms with van der Waals surface area (Å²) in [5.41, 5.74) is 6.22. The maximum Gasteiger partial charge on any atom is 0.0412 e. The van der Waals surface area contributed by atoms with Crippen LogP contribution < -0.4 is 0 Å². The van der Waals surface area contributed by atoms with Crippen molar-refractivity contribution in [3.05, 3.63) is 66.7 Å². The lowest BCUT2D eigenvalue weighted by Gasteiger charge is -2.07. The molecule has 19 heavy (non-hydrogen) atoms. The highest BCUT2D eigenvalue weighted by Gasteiger charge is 2.21. The second-order valence-electron chi connectivity index (χ2n) is 4.84. The third kappa shape index (κ3) is 1.35. The molecule has 0 saturated carbocycles. The molecule has 0 atom stereocenters. The molecule has 0 saturated heterocycles. The number of hydrogen-bond acceptors (Lipinski definition) is 0. The van der Waals surface area contributed by atoms with Gasteiger partial charge in [0.05, 0.1) is 0 Å². The van der Waals surface area contributed by atoms with Crippen molar-refractivity contribution >= 4 is 27.4 Å². The normalized spacial score (nSPS) is 11.6. The average molecular weight is 263 g/mol. The first-order chi connectivity index (χ1) is 9.27. The Hall–Kier alpha value is -2.05. The first kappa shape index (κ1) is 10.8. The van der Waals surface area contributed by atoms with Gasteiger partial charge in [-0.15, -0.1) is 0 Å². The van der Waals surface area contributed by atoms with Crippen LogP contribution in [0.4, 0.5) is 0 Å². The molecule has 4 rings (SSSR count). The first-order valence-electron chi connectivity index (χ1n) is 6.27. The van der Waals surface area contributed by atoms with E-state index in [1.54, 1.807) is 0 Å². The van der Waals surface area contributed by atoms with E-state index in [1.807, 2.05) is 0 Å². The highest BCUT2D eigenvalue weighted by atomic mass is 35.5. The lowest BCUT2D eigenvalue weighted by molar-refractivity contribution is 1.69. The number of fused-ring (bicyclic) bond motifs is 3. The Morgan fingerprint density at radius 2 is 1.37 bits per heavy atom. The van der Waals surface area contributed by atoms with Crippen LogP contribution in [-0.4, -0.2) is 0 Å². The quantitative estimate of drug-likeness (QED) is 0.413. The molecular formula is C18H11Cl. The van der Waals surface area contributed by atoms with Gasteiger partial charge in [-0.25, -0.2) is 0 Å². The zero-order valence-electron chi connectivity index (χ0n) is 10.3. The highest BCUT2D eigenvalue weighted by Crippen LogP contribution is 2.48. The van der Waals surface area contributed by atoms with Crippen LogP contribution in [0, 0.1) is 0 Å². The van der Waals surface area contributed by atoms with Gasteiger partial charge in [-0.2, -0.15) is 0 Å². The zero-order valence-corrected chi connectivity index (χ0v) is 11.0. The van der Waals surface area contributed by atoms with Crippen molar-refractivity contribution in [2.45, 2.75) is 0 Å². The molecule has 1 aliphatic carbocycles. The minimum Gasteiger partial charge on any atom is -0.0843 e. The van der Waals surface area contributed by atoms with Crippen molar-refractivity contribution in [2.24, 2.45) is 0 Å². The summed E-state index contributed by atoms with van der Waals surface area (Å²) in [6.45, 7) is 3.87. The molecule has 3 aromatic rings. The molecule has 1 heteroatoms. The van der Waals surface area contributed by atoms with Gasteiger partial charge < -0.3 is 0 Å². The first-order valence-corrected chi connectivity index (χ1v) is 6.65. The van der Waals surface area contributed by atoms with Crippen LogP contribution in [0.25, 0.3) is 38.1 Å². The van der Waals surface area contributed by atoms with Crippen LogP contribution in [0.2, 0.25) is 0 Å². The third-order valence-corrected chi connectivity index (χ3v) is 4.04. The summed E-state index contributed by atoms with van der Waals surface area (Å²) in [5, 5.41) is 3.08. The standard InChI is InChI=1S/C18H11Cl/c1-11(19)12-9-10-17-14-6-3-2-5-13(14)16-8-4-7-15(12)18(16)17/h2-10H,1H2. The minimum absolute atomic E-state index is 0.597. The molecule has 0 radical (unpaired) electrons. The smallest absolute Gasteiger partial charge is 0.0412 e. The molecule has 0 nitrogen and oxygen atoms in total. The van der Waals surface area contributed by atoms with Crippen molar-refractivity contribution < 1.29 is 0 Å². The van der Waals surface area contributed by atoms with E-state index in [4.69, 9.17) is 11.6 Å². The monoisotopic (exact) mass is 262 g/mol. The summed E-state index contributed by atoms with van der Waals surface area (Å²) in [5.74, 6) is 0. The second-order valence-corrected chi connectivity index (χ2v) is 5.30. The molecule has 0 heterocycles. The second kappa shape index (κ2) is 3.72. The fourth-order valence-corrected chi connectivity index (χ4v) is 3.21. The highest BCUT2D eigenvalue weighted by molar-refractivity contribution is 6.49. The summed E-state index contributed by atoms with van der Waals surface area (Å²) >= 11 is 6.12. The topological polar surface area (TPSA) is 0 Å². The van der Waals surface area contributed by atoms with E-state index in [2.05, 4.69) is 61.2 Å². The molecule has 0 unspecified atom stereocenters. The Balaban J connectivity index is 2.23. The largest absolute Gasteiger partial charge is 0.0843 e. The fourth-order valence-electron chi connectivity index (χ4n) is 3.05. The lowest BCUT2D eigenvalue weighted by atomic mass is 9.98. The van der Waals surface area contributed by atoms with Crippen molar-refractivity contribution in [3.63, 3.8) is 0 Å². The fraction of sp³-hybridized carbons (Fsp3) is 0. The van der Waals surface area contributed by atoms with Crippen molar-refractivity contribution in [3.8, 4) is 22.3 Å². The van der Waals surface area contributed by atoms with Gasteiger partial charge in [0, 0.05) is 10.6 Å².